The SMILES string of the molecule is CC1CN(C(=O)CCCc2cccs2)CCC1(O)C1CCOCC1. The lowest BCUT2D eigenvalue weighted by molar-refractivity contribution is -0.151. The number of carbonyl (C=O) groups excluding carboxylic acids is 1. The van der Waals surface area contributed by atoms with Crippen LogP contribution >= 0.6 is 11.3 Å². The number of ether oxygens (including phenoxy) is 1. The number of aryl methyl sites for hydroxylation is 1. The van der Waals surface area contributed by atoms with Crippen molar-refractivity contribution in [1.29, 1.82) is 0 Å². The lowest BCUT2D eigenvalue weighted by Crippen LogP contribution is -2.56. The smallest absolute Gasteiger partial charge is 0.222 e. The van der Waals surface area contributed by atoms with E-state index in [1.54, 1.807) is 11.3 Å². The van der Waals surface area contributed by atoms with Crippen molar-refractivity contribution >= 4 is 17.2 Å². The van der Waals surface area contributed by atoms with Crippen molar-refractivity contribution in [3.63, 3.8) is 0 Å². The molecule has 3 heterocycles. The summed E-state index contributed by atoms with van der Waals surface area (Å²) < 4.78 is 5.43. The maximum atomic E-state index is 12.5. The Morgan fingerprint density at radius 3 is 2.92 bits per heavy atom. The van der Waals surface area contributed by atoms with Crippen LogP contribution in [0.3, 0.4) is 0 Å². The maximum absolute atomic E-state index is 12.5. The fourth-order valence-electron chi connectivity index (χ4n) is 4.20. The molecule has 0 saturated carbocycles. The molecule has 2 aliphatic rings. The number of piperidine rings is 1. The first kappa shape index (κ1) is 17.9. The van der Waals surface area contributed by atoms with Crippen LogP contribution in [0.25, 0.3) is 0 Å². The first-order valence-electron chi connectivity index (χ1n) is 9.20. The summed E-state index contributed by atoms with van der Waals surface area (Å²) in [6.45, 7) is 4.98. The van der Waals surface area contributed by atoms with Gasteiger partial charge in [-0.25, -0.2) is 0 Å². The first-order chi connectivity index (χ1) is 11.6. The van der Waals surface area contributed by atoms with Crippen LogP contribution in [-0.2, 0) is 16.0 Å². The average molecular weight is 352 g/mol. The highest BCUT2D eigenvalue weighted by atomic mass is 32.1. The van der Waals surface area contributed by atoms with E-state index in [9.17, 15) is 9.90 Å². The van der Waals surface area contributed by atoms with Crippen molar-refractivity contribution in [1.82, 2.24) is 4.90 Å². The molecule has 0 radical (unpaired) electrons. The third kappa shape index (κ3) is 4.01. The van der Waals surface area contributed by atoms with Crippen LogP contribution in [0.4, 0.5) is 0 Å². The molecular weight excluding hydrogens is 322 g/mol. The van der Waals surface area contributed by atoms with Gasteiger partial charge in [0.05, 0.1) is 5.60 Å². The molecule has 2 saturated heterocycles. The topological polar surface area (TPSA) is 49.8 Å². The molecule has 1 amide bonds. The summed E-state index contributed by atoms with van der Waals surface area (Å²) in [6.07, 6.45) is 5.09. The zero-order valence-electron chi connectivity index (χ0n) is 14.6. The molecule has 24 heavy (non-hydrogen) atoms. The minimum Gasteiger partial charge on any atom is -0.389 e. The second-order valence-corrected chi connectivity index (χ2v) is 8.33. The maximum Gasteiger partial charge on any atom is 0.222 e. The number of carbonyl (C=O) groups is 1. The third-order valence-electron chi connectivity index (χ3n) is 5.80. The van der Waals surface area contributed by atoms with E-state index in [-0.39, 0.29) is 11.8 Å². The molecule has 0 aromatic carbocycles. The van der Waals surface area contributed by atoms with E-state index in [0.29, 0.717) is 31.8 Å². The highest BCUT2D eigenvalue weighted by Gasteiger charge is 2.45. The van der Waals surface area contributed by atoms with Crippen molar-refractivity contribution in [3.05, 3.63) is 22.4 Å². The van der Waals surface area contributed by atoms with Crippen LogP contribution in [0.15, 0.2) is 17.5 Å². The second-order valence-electron chi connectivity index (χ2n) is 7.30. The van der Waals surface area contributed by atoms with Gasteiger partial charge in [-0.05, 0) is 49.5 Å². The molecule has 0 spiro atoms. The van der Waals surface area contributed by atoms with E-state index in [0.717, 1.165) is 38.9 Å². The van der Waals surface area contributed by atoms with Crippen LogP contribution in [0.2, 0.25) is 0 Å². The van der Waals surface area contributed by atoms with Gasteiger partial charge in [0.2, 0.25) is 5.91 Å². The van der Waals surface area contributed by atoms with Gasteiger partial charge in [-0.15, -0.1) is 11.3 Å². The normalized spacial score (nSPS) is 28.9. The zero-order chi connectivity index (χ0) is 17.0. The standard InChI is InChI=1S/C19H29NO3S/c1-15-14-20(18(21)6-2-4-17-5-3-13-24-17)10-9-19(15,22)16-7-11-23-12-8-16/h3,5,13,15-16,22H,2,4,6-12,14H2,1H3. The number of aliphatic hydroxyl groups is 1. The Morgan fingerprint density at radius 1 is 1.46 bits per heavy atom. The second kappa shape index (κ2) is 7.98. The summed E-state index contributed by atoms with van der Waals surface area (Å²) in [5.41, 5.74) is -0.627. The molecule has 0 bridgehead atoms. The average Bonchev–Trinajstić information content (AvgIpc) is 3.11. The van der Waals surface area contributed by atoms with Crippen molar-refractivity contribution in [2.45, 2.75) is 51.0 Å². The number of nitrogens with zero attached hydrogens (tertiary/aromatic N) is 1. The van der Waals surface area contributed by atoms with Gasteiger partial charge in [0.15, 0.2) is 0 Å². The zero-order valence-corrected chi connectivity index (χ0v) is 15.4. The van der Waals surface area contributed by atoms with Gasteiger partial charge < -0.3 is 14.7 Å². The van der Waals surface area contributed by atoms with Crippen molar-refractivity contribution in [3.8, 4) is 0 Å². The lowest BCUT2D eigenvalue weighted by atomic mass is 9.70. The Bertz CT molecular complexity index is 527. The summed E-state index contributed by atoms with van der Waals surface area (Å²) in [5.74, 6) is 0.695. The number of hydrogen-bond acceptors (Lipinski definition) is 4. The van der Waals surface area contributed by atoms with E-state index in [1.807, 2.05) is 4.90 Å². The van der Waals surface area contributed by atoms with Gasteiger partial charge in [-0.3, -0.25) is 4.79 Å². The Morgan fingerprint density at radius 2 is 2.25 bits per heavy atom. The van der Waals surface area contributed by atoms with E-state index >= 15 is 0 Å². The summed E-state index contributed by atoms with van der Waals surface area (Å²) in [5, 5.41) is 13.3. The summed E-state index contributed by atoms with van der Waals surface area (Å²) in [4.78, 5) is 15.8. The number of likely N-dealkylation sites (tertiary alicyclic amines) is 1. The molecule has 2 fully saturated rings. The first-order valence-corrected chi connectivity index (χ1v) is 10.1. The molecule has 1 aromatic rings. The van der Waals surface area contributed by atoms with Gasteiger partial charge in [0.1, 0.15) is 0 Å². The minimum absolute atomic E-state index is 0.135. The van der Waals surface area contributed by atoms with Crippen LogP contribution < -0.4 is 0 Å². The fourth-order valence-corrected chi connectivity index (χ4v) is 4.95. The predicted octanol–water partition coefficient (Wildman–Crippen LogP) is 3.10. The number of thiophene rings is 1. The van der Waals surface area contributed by atoms with Gasteiger partial charge in [-0.1, -0.05) is 13.0 Å². The largest absolute Gasteiger partial charge is 0.389 e. The Hall–Kier alpha value is -0.910. The minimum atomic E-state index is -0.627. The third-order valence-corrected chi connectivity index (χ3v) is 6.74. The summed E-state index contributed by atoms with van der Waals surface area (Å²) in [7, 11) is 0. The van der Waals surface area contributed by atoms with Gasteiger partial charge >= 0.3 is 0 Å². The molecule has 0 aliphatic carbocycles. The molecular formula is C19H29NO3S. The molecule has 1 N–H and O–H groups in total. The fraction of sp³-hybridized carbons (Fsp3) is 0.737. The van der Waals surface area contributed by atoms with Crippen molar-refractivity contribution in [2.24, 2.45) is 11.8 Å². The van der Waals surface area contributed by atoms with Gasteiger partial charge in [-0.2, -0.15) is 0 Å². The lowest BCUT2D eigenvalue weighted by Gasteiger charge is -2.48. The molecule has 2 unspecified atom stereocenters. The van der Waals surface area contributed by atoms with E-state index in [2.05, 4.69) is 24.4 Å². The van der Waals surface area contributed by atoms with Crippen molar-refractivity contribution in [2.75, 3.05) is 26.3 Å². The molecule has 3 rings (SSSR count). The Balaban J connectivity index is 1.48. The van der Waals surface area contributed by atoms with E-state index < -0.39 is 5.60 Å². The number of rotatable bonds is 5. The highest BCUT2D eigenvalue weighted by molar-refractivity contribution is 7.09. The van der Waals surface area contributed by atoms with Crippen LogP contribution in [0, 0.1) is 11.8 Å². The van der Waals surface area contributed by atoms with Crippen LogP contribution in [0.1, 0.15) is 43.9 Å². The molecule has 2 aliphatic heterocycles. The predicted molar refractivity (Wildman–Crippen MR) is 96.1 cm³/mol. The highest BCUT2D eigenvalue weighted by Crippen LogP contribution is 2.39. The monoisotopic (exact) mass is 351 g/mol. The van der Waals surface area contributed by atoms with Gasteiger partial charge in [0, 0.05) is 43.5 Å². The quantitative estimate of drug-likeness (QED) is 0.887. The van der Waals surface area contributed by atoms with Crippen molar-refractivity contribution < 1.29 is 14.6 Å². The summed E-state index contributed by atoms with van der Waals surface area (Å²) >= 11 is 1.76. The Labute approximate surface area is 148 Å². The number of hydrogen-bond donors (Lipinski definition) is 1. The Kier molecular flexibility index (Phi) is 5.95. The molecule has 1 aromatic heterocycles. The number of amides is 1. The summed E-state index contributed by atoms with van der Waals surface area (Å²) in [6, 6.07) is 4.19. The van der Waals surface area contributed by atoms with Crippen LogP contribution in [0.5, 0.6) is 0 Å². The van der Waals surface area contributed by atoms with Crippen LogP contribution in [-0.4, -0.2) is 47.8 Å². The van der Waals surface area contributed by atoms with Gasteiger partial charge in [0.25, 0.3) is 0 Å². The molecule has 2 atom stereocenters. The molecule has 4 nitrogen and oxygen atoms in total. The van der Waals surface area contributed by atoms with E-state index in [4.69, 9.17) is 4.74 Å². The van der Waals surface area contributed by atoms with E-state index in [1.165, 1.54) is 4.88 Å². The molecule has 134 valence electrons. The molecule has 5 heteroatoms.